The van der Waals surface area contributed by atoms with Crippen LogP contribution in [0.2, 0.25) is 0 Å². The van der Waals surface area contributed by atoms with Gasteiger partial charge in [0.1, 0.15) is 28.0 Å². The third kappa shape index (κ3) is 3.78. The Morgan fingerprint density at radius 2 is 0.946 bits per heavy atom. The van der Waals surface area contributed by atoms with Crippen molar-refractivity contribution < 1.29 is 53.9 Å². The number of carbonyl (C=O) groups excluding carboxylic acids is 5. The minimum atomic E-state index is -1.44. The molecule has 2 aromatic carbocycles. The summed E-state index contributed by atoms with van der Waals surface area (Å²) < 4.78 is 5.55. The first-order valence-corrected chi connectivity index (χ1v) is 10.5. The standard InChI is InChI=1S/C25H20O12/c1-6(26)11-12(7(2)27)20(33)21(34)13(8(3)28)16(11)25-23(36)22(35)17-19(32)14(9(4)29)18(31)15(10(5)30)24(17)37-25/h31-34,36H,1-5H3. The van der Waals surface area contributed by atoms with Gasteiger partial charge in [-0.2, -0.15) is 0 Å². The van der Waals surface area contributed by atoms with Crippen LogP contribution in [0.25, 0.3) is 22.3 Å². The van der Waals surface area contributed by atoms with Gasteiger partial charge in [0.25, 0.3) is 0 Å². The fourth-order valence-electron chi connectivity index (χ4n) is 4.20. The van der Waals surface area contributed by atoms with E-state index in [1.54, 1.807) is 0 Å². The van der Waals surface area contributed by atoms with Gasteiger partial charge in [-0.25, -0.2) is 0 Å². The highest BCUT2D eigenvalue weighted by Crippen LogP contribution is 2.48. The van der Waals surface area contributed by atoms with E-state index in [0.29, 0.717) is 0 Å². The molecule has 1 heterocycles. The molecule has 0 spiro atoms. The van der Waals surface area contributed by atoms with Gasteiger partial charge in [-0.05, 0) is 34.6 Å². The van der Waals surface area contributed by atoms with Crippen molar-refractivity contribution in [2.45, 2.75) is 34.6 Å². The number of hydrogen-bond acceptors (Lipinski definition) is 12. The Morgan fingerprint density at radius 3 is 1.38 bits per heavy atom. The average molecular weight is 512 g/mol. The quantitative estimate of drug-likeness (QED) is 0.238. The molecule has 0 radical (unpaired) electrons. The first-order chi connectivity index (χ1) is 17.1. The highest BCUT2D eigenvalue weighted by atomic mass is 16.4. The minimum absolute atomic E-state index is 0.705. The van der Waals surface area contributed by atoms with Gasteiger partial charge in [0.15, 0.2) is 51.8 Å². The summed E-state index contributed by atoms with van der Waals surface area (Å²) in [7, 11) is 0. The van der Waals surface area contributed by atoms with Gasteiger partial charge in [-0.3, -0.25) is 28.8 Å². The topological polar surface area (TPSA) is 217 Å². The van der Waals surface area contributed by atoms with Gasteiger partial charge in [0.2, 0.25) is 11.2 Å². The highest BCUT2D eigenvalue weighted by Gasteiger charge is 2.36. The zero-order chi connectivity index (χ0) is 28.3. The molecule has 3 rings (SSSR count). The van der Waals surface area contributed by atoms with E-state index in [1.165, 1.54) is 0 Å². The summed E-state index contributed by atoms with van der Waals surface area (Å²) >= 11 is 0. The summed E-state index contributed by atoms with van der Waals surface area (Å²) in [5.74, 6) is -11.5. The lowest BCUT2D eigenvalue weighted by Gasteiger charge is -2.19. The Bertz CT molecular complexity index is 1670. The van der Waals surface area contributed by atoms with Gasteiger partial charge >= 0.3 is 0 Å². The number of carbonyl (C=O) groups is 5. The molecule has 0 fully saturated rings. The SMILES string of the molecule is CC(=O)c1c(O)c(O)c(C(C)=O)c(-c2oc3c(C(C)=O)c(O)c(C(C)=O)c(O)c3c(=O)c2O)c1C(C)=O. The van der Waals surface area contributed by atoms with E-state index in [9.17, 15) is 54.3 Å². The Morgan fingerprint density at radius 1 is 0.514 bits per heavy atom. The van der Waals surface area contributed by atoms with E-state index in [2.05, 4.69) is 0 Å². The van der Waals surface area contributed by atoms with E-state index in [1.807, 2.05) is 0 Å². The minimum Gasteiger partial charge on any atom is -0.506 e. The number of phenolic OH excluding ortho intramolecular Hbond substituents is 4. The number of hydrogen-bond donors (Lipinski definition) is 5. The molecule has 5 N–H and O–H groups in total. The monoisotopic (exact) mass is 512 g/mol. The Labute approximate surface area is 207 Å². The second-order valence-corrected chi connectivity index (χ2v) is 8.24. The fraction of sp³-hybridized carbons (Fsp3) is 0.200. The number of phenols is 4. The normalized spacial score (nSPS) is 10.9. The molecule has 12 nitrogen and oxygen atoms in total. The molecule has 3 aromatic rings. The van der Waals surface area contributed by atoms with Crippen molar-refractivity contribution in [1.29, 1.82) is 0 Å². The molecule has 1 aromatic heterocycles. The molecule has 0 amide bonds. The van der Waals surface area contributed by atoms with Crippen molar-refractivity contribution in [2.24, 2.45) is 0 Å². The van der Waals surface area contributed by atoms with Gasteiger partial charge in [0, 0.05) is 11.1 Å². The largest absolute Gasteiger partial charge is 0.506 e. The van der Waals surface area contributed by atoms with Crippen LogP contribution in [-0.2, 0) is 0 Å². The number of benzene rings is 2. The van der Waals surface area contributed by atoms with Crippen LogP contribution in [0.3, 0.4) is 0 Å². The van der Waals surface area contributed by atoms with Gasteiger partial charge in [-0.15, -0.1) is 0 Å². The van der Waals surface area contributed by atoms with Crippen molar-refractivity contribution in [3.8, 4) is 40.1 Å². The first-order valence-electron chi connectivity index (χ1n) is 10.5. The molecule has 0 bridgehead atoms. The smallest absolute Gasteiger partial charge is 0.238 e. The lowest BCUT2D eigenvalue weighted by Crippen LogP contribution is -2.14. The molecule has 0 aliphatic carbocycles. The van der Waals surface area contributed by atoms with Crippen LogP contribution in [0, 0.1) is 0 Å². The fourth-order valence-corrected chi connectivity index (χ4v) is 4.20. The maximum absolute atomic E-state index is 13.2. The predicted molar refractivity (Wildman–Crippen MR) is 126 cm³/mol. The lowest BCUT2D eigenvalue weighted by atomic mass is 9.86. The van der Waals surface area contributed by atoms with E-state index in [-0.39, 0.29) is 0 Å². The van der Waals surface area contributed by atoms with Crippen LogP contribution < -0.4 is 5.43 Å². The van der Waals surface area contributed by atoms with Crippen LogP contribution in [0.4, 0.5) is 0 Å². The second kappa shape index (κ2) is 8.90. The summed E-state index contributed by atoms with van der Waals surface area (Å²) in [5.41, 5.74) is -6.86. The molecule has 0 aliphatic heterocycles. The van der Waals surface area contributed by atoms with Crippen LogP contribution in [0.1, 0.15) is 86.4 Å². The summed E-state index contributed by atoms with van der Waals surface area (Å²) in [6, 6.07) is 0. The molecule has 37 heavy (non-hydrogen) atoms. The third-order valence-corrected chi connectivity index (χ3v) is 5.70. The van der Waals surface area contributed by atoms with Crippen LogP contribution in [0.15, 0.2) is 9.21 Å². The predicted octanol–water partition coefficient (Wildman–Crippen LogP) is 3.00. The van der Waals surface area contributed by atoms with Crippen LogP contribution >= 0.6 is 0 Å². The van der Waals surface area contributed by atoms with Crippen molar-refractivity contribution in [2.75, 3.05) is 0 Å². The first kappa shape index (κ1) is 26.6. The molecular weight excluding hydrogens is 492 g/mol. The van der Waals surface area contributed by atoms with Crippen molar-refractivity contribution in [3.05, 3.63) is 38.0 Å². The highest BCUT2D eigenvalue weighted by molar-refractivity contribution is 6.19. The molecule has 0 atom stereocenters. The van der Waals surface area contributed by atoms with E-state index >= 15 is 0 Å². The van der Waals surface area contributed by atoms with Gasteiger partial charge < -0.3 is 29.9 Å². The number of fused-ring (bicyclic) bond motifs is 1. The van der Waals surface area contributed by atoms with Crippen molar-refractivity contribution in [3.63, 3.8) is 0 Å². The molecule has 192 valence electrons. The van der Waals surface area contributed by atoms with E-state index in [4.69, 9.17) is 4.42 Å². The molecular formula is C25H20O12. The Hall–Kier alpha value is -5.00. The maximum atomic E-state index is 13.2. The number of Topliss-reactive ketones (excluding diaryl/α,β-unsaturated/α-hetero) is 5. The molecule has 12 heteroatoms. The zero-order valence-corrected chi connectivity index (χ0v) is 20.1. The third-order valence-electron chi connectivity index (χ3n) is 5.70. The van der Waals surface area contributed by atoms with E-state index < -0.39 is 113 Å². The molecule has 0 unspecified atom stereocenters. The Kier molecular flexibility index (Phi) is 6.40. The Balaban J connectivity index is 2.80. The summed E-state index contributed by atoms with van der Waals surface area (Å²) in [5, 5.41) is 52.0. The van der Waals surface area contributed by atoms with Gasteiger partial charge in [0.05, 0.1) is 11.1 Å². The molecule has 0 saturated carbocycles. The lowest BCUT2D eigenvalue weighted by molar-refractivity contribution is 0.0975. The number of ketones is 5. The average Bonchev–Trinajstić information content (AvgIpc) is 2.75. The van der Waals surface area contributed by atoms with Crippen molar-refractivity contribution in [1.82, 2.24) is 0 Å². The number of rotatable bonds is 6. The van der Waals surface area contributed by atoms with Crippen molar-refractivity contribution >= 4 is 39.9 Å². The zero-order valence-electron chi connectivity index (χ0n) is 20.1. The summed E-state index contributed by atoms with van der Waals surface area (Å²) in [6.07, 6.45) is 0. The van der Waals surface area contributed by atoms with Gasteiger partial charge in [-0.1, -0.05) is 0 Å². The second-order valence-electron chi connectivity index (χ2n) is 8.24. The van der Waals surface area contributed by atoms with Crippen LogP contribution in [-0.4, -0.2) is 54.4 Å². The summed E-state index contributed by atoms with van der Waals surface area (Å²) in [4.78, 5) is 75.1. The van der Waals surface area contributed by atoms with Crippen LogP contribution in [0.5, 0.6) is 28.7 Å². The van der Waals surface area contributed by atoms with E-state index in [0.717, 1.165) is 34.6 Å². The summed E-state index contributed by atoms with van der Waals surface area (Å²) in [6.45, 7) is 4.64. The molecule has 0 aliphatic rings. The maximum Gasteiger partial charge on any atom is 0.238 e. The molecule has 0 saturated heterocycles. The number of aromatic hydroxyl groups is 5.